The molecule has 0 spiro atoms. The number of benzene rings is 3. The Bertz CT molecular complexity index is 1050. The Labute approximate surface area is 139 Å². The van der Waals surface area contributed by atoms with Crippen molar-refractivity contribution in [3.8, 4) is 5.75 Å². The molecule has 118 valence electrons. The zero-order valence-electron chi connectivity index (χ0n) is 13.2. The lowest BCUT2D eigenvalue weighted by molar-refractivity contribution is 0.102. The lowest BCUT2D eigenvalue weighted by atomic mass is 10.1. The van der Waals surface area contributed by atoms with Crippen LogP contribution in [0.25, 0.3) is 21.7 Å². The van der Waals surface area contributed by atoms with Crippen LogP contribution in [0.1, 0.15) is 10.5 Å². The summed E-state index contributed by atoms with van der Waals surface area (Å²) in [4.78, 5) is 15.8. The average Bonchev–Trinajstić information content (AvgIpc) is 3.07. The van der Waals surface area contributed by atoms with Crippen LogP contribution < -0.4 is 10.1 Å². The van der Waals surface area contributed by atoms with Crippen molar-refractivity contribution in [1.82, 2.24) is 4.98 Å². The highest BCUT2D eigenvalue weighted by molar-refractivity contribution is 6.12. The fraction of sp³-hybridized carbons (Fsp3) is 0.0500. The molecule has 0 aliphatic carbocycles. The van der Waals surface area contributed by atoms with Crippen LogP contribution in [-0.4, -0.2) is 18.0 Å². The third-order valence-corrected chi connectivity index (χ3v) is 4.13. The highest BCUT2D eigenvalue weighted by atomic mass is 16.5. The topological polar surface area (TPSA) is 54.1 Å². The molecule has 4 aromatic rings. The zero-order chi connectivity index (χ0) is 16.5. The summed E-state index contributed by atoms with van der Waals surface area (Å²) in [5, 5.41) is 6.21. The maximum absolute atomic E-state index is 12.6. The van der Waals surface area contributed by atoms with Gasteiger partial charge in [-0.3, -0.25) is 4.79 Å². The van der Waals surface area contributed by atoms with E-state index in [0.717, 1.165) is 21.7 Å². The molecule has 0 unspecified atom stereocenters. The first kappa shape index (κ1) is 14.3. The Kier molecular flexibility index (Phi) is 3.43. The second kappa shape index (κ2) is 5.74. The van der Waals surface area contributed by atoms with Crippen LogP contribution in [0.2, 0.25) is 0 Å². The van der Waals surface area contributed by atoms with E-state index in [1.54, 1.807) is 7.11 Å². The summed E-state index contributed by atoms with van der Waals surface area (Å²) >= 11 is 0. The van der Waals surface area contributed by atoms with Crippen molar-refractivity contribution in [1.29, 1.82) is 0 Å². The van der Waals surface area contributed by atoms with Crippen molar-refractivity contribution in [2.24, 2.45) is 0 Å². The van der Waals surface area contributed by atoms with Gasteiger partial charge in [0.05, 0.1) is 12.8 Å². The molecule has 1 aromatic heterocycles. The number of amides is 1. The molecular formula is C20H16N2O2. The summed E-state index contributed by atoms with van der Waals surface area (Å²) in [6.45, 7) is 0. The molecule has 4 heteroatoms. The van der Waals surface area contributed by atoms with E-state index in [0.29, 0.717) is 17.1 Å². The summed E-state index contributed by atoms with van der Waals surface area (Å²) in [7, 11) is 1.58. The van der Waals surface area contributed by atoms with E-state index in [1.807, 2.05) is 48.5 Å². The average molecular weight is 316 g/mol. The van der Waals surface area contributed by atoms with Gasteiger partial charge >= 0.3 is 0 Å². The lowest BCUT2D eigenvalue weighted by Gasteiger charge is -2.08. The van der Waals surface area contributed by atoms with Gasteiger partial charge in [-0.2, -0.15) is 0 Å². The molecule has 2 N–H and O–H groups in total. The molecule has 4 nitrogen and oxygen atoms in total. The quantitative estimate of drug-likeness (QED) is 0.581. The van der Waals surface area contributed by atoms with E-state index in [4.69, 9.17) is 4.74 Å². The SMILES string of the molecule is COc1ccccc1NC(=O)c1cc2c(ccc3ccccc32)[nH]1. The summed E-state index contributed by atoms with van der Waals surface area (Å²) in [6.07, 6.45) is 0. The Balaban J connectivity index is 1.73. The minimum atomic E-state index is -0.195. The summed E-state index contributed by atoms with van der Waals surface area (Å²) in [5.41, 5.74) is 2.11. The lowest BCUT2D eigenvalue weighted by Crippen LogP contribution is -2.12. The third-order valence-electron chi connectivity index (χ3n) is 4.13. The van der Waals surface area contributed by atoms with Gasteiger partial charge in [0.25, 0.3) is 5.91 Å². The maximum atomic E-state index is 12.6. The standard InChI is InChI=1S/C20H16N2O2/c1-24-19-9-5-4-8-17(19)22-20(23)18-12-15-14-7-3-2-6-13(14)10-11-16(15)21-18/h2-12,21H,1H3,(H,22,23). The van der Waals surface area contributed by atoms with Crippen molar-refractivity contribution in [2.75, 3.05) is 12.4 Å². The first-order valence-corrected chi connectivity index (χ1v) is 7.71. The van der Waals surface area contributed by atoms with Crippen molar-refractivity contribution in [3.63, 3.8) is 0 Å². The monoisotopic (exact) mass is 316 g/mol. The molecule has 24 heavy (non-hydrogen) atoms. The number of carbonyl (C=O) groups excluding carboxylic acids is 1. The third kappa shape index (κ3) is 2.38. The molecule has 1 amide bonds. The van der Waals surface area contributed by atoms with Crippen LogP contribution in [0, 0.1) is 0 Å². The van der Waals surface area contributed by atoms with E-state index in [1.165, 1.54) is 0 Å². The van der Waals surface area contributed by atoms with E-state index < -0.39 is 0 Å². The van der Waals surface area contributed by atoms with Crippen molar-refractivity contribution < 1.29 is 9.53 Å². The van der Waals surface area contributed by atoms with Gasteiger partial charge in [-0.1, -0.05) is 42.5 Å². The van der Waals surface area contributed by atoms with Gasteiger partial charge in [0.2, 0.25) is 0 Å². The first-order chi connectivity index (χ1) is 11.8. The van der Waals surface area contributed by atoms with E-state index >= 15 is 0 Å². The first-order valence-electron chi connectivity index (χ1n) is 7.71. The zero-order valence-corrected chi connectivity index (χ0v) is 13.2. The number of fused-ring (bicyclic) bond motifs is 3. The van der Waals surface area contributed by atoms with Crippen LogP contribution in [0.5, 0.6) is 5.75 Å². The van der Waals surface area contributed by atoms with E-state index in [2.05, 4.69) is 28.5 Å². The fourth-order valence-electron chi connectivity index (χ4n) is 2.95. The van der Waals surface area contributed by atoms with Gasteiger partial charge in [-0.15, -0.1) is 0 Å². The Morgan fingerprint density at radius 1 is 0.958 bits per heavy atom. The van der Waals surface area contributed by atoms with Crippen LogP contribution in [0.15, 0.2) is 66.7 Å². The molecule has 0 bridgehead atoms. The number of hydrogen-bond acceptors (Lipinski definition) is 2. The van der Waals surface area contributed by atoms with Gasteiger partial charge in [-0.25, -0.2) is 0 Å². The minimum Gasteiger partial charge on any atom is -0.495 e. The molecule has 3 aromatic carbocycles. The van der Waals surface area contributed by atoms with Gasteiger partial charge in [0.15, 0.2) is 0 Å². The maximum Gasteiger partial charge on any atom is 0.272 e. The van der Waals surface area contributed by atoms with Gasteiger partial charge in [-0.05, 0) is 35.0 Å². The second-order valence-corrected chi connectivity index (χ2v) is 5.59. The largest absolute Gasteiger partial charge is 0.495 e. The number of H-pyrrole nitrogens is 1. The van der Waals surface area contributed by atoms with Crippen LogP contribution in [0.3, 0.4) is 0 Å². The van der Waals surface area contributed by atoms with Gasteiger partial charge in [0, 0.05) is 10.9 Å². The predicted molar refractivity (Wildman–Crippen MR) is 96.8 cm³/mol. The number of anilines is 1. The number of ether oxygens (including phenoxy) is 1. The van der Waals surface area contributed by atoms with Crippen LogP contribution >= 0.6 is 0 Å². The molecule has 4 rings (SSSR count). The Hall–Kier alpha value is -3.27. The highest BCUT2D eigenvalue weighted by Crippen LogP contribution is 2.27. The second-order valence-electron chi connectivity index (χ2n) is 5.59. The molecule has 0 saturated heterocycles. The number of aromatic amines is 1. The number of methoxy groups -OCH3 is 1. The molecule has 1 heterocycles. The number of rotatable bonds is 3. The molecule has 0 fully saturated rings. The van der Waals surface area contributed by atoms with Crippen LogP contribution in [-0.2, 0) is 0 Å². The van der Waals surface area contributed by atoms with E-state index in [-0.39, 0.29) is 5.91 Å². The van der Waals surface area contributed by atoms with Gasteiger partial charge < -0.3 is 15.0 Å². The molecule has 0 radical (unpaired) electrons. The fourth-order valence-corrected chi connectivity index (χ4v) is 2.95. The highest BCUT2D eigenvalue weighted by Gasteiger charge is 2.13. The normalized spacial score (nSPS) is 10.9. The predicted octanol–water partition coefficient (Wildman–Crippen LogP) is 4.58. The summed E-state index contributed by atoms with van der Waals surface area (Å²) < 4.78 is 5.27. The number of para-hydroxylation sites is 2. The number of nitrogens with one attached hydrogen (secondary N) is 2. The number of aromatic nitrogens is 1. The molecule has 0 saturated carbocycles. The van der Waals surface area contributed by atoms with E-state index in [9.17, 15) is 4.79 Å². The van der Waals surface area contributed by atoms with Gasteiger partial charge in [0.1, 0.15) is 11.4 Å². The molecule has 0 aliphatic rings. The smallest absolute Gasteiger partial charge is 0.272 e. The summed E-state index contributed by atoms with van der Waals surface area (Å²) in [5.74, 6) is 0.437. The van der Waals surface area contributed by atoms with Crippen molar-refractivity contribution >= 4 is 33.3 Å². The molecular weight excluding hydrogens is 300 g/mol. The van der Waals surface area contributed by atoms with Crippen molar-refractivity contribution in [3.05, 3.63) is 72.4 Å². The van der Waals surface area contributed by atoms with Crippen LogP contribution in [0.4, 0.5) is 5.69 Å². The number of carbonyl (C=O) groups is 1. The van der Waals surface area contributed by atoms with Crippen molar-refractivity contribution in [2.45, 2.75) is 0 Å². The Morgan fingerprint density at radius 3 is 2.62 bits per heavy atom. The molecule has 0 aliphatic heterocycles. The summed E-state index contributed by atoms with van der Waals surface area (Å²) in [6, 6.07) is 21.4. The Morgan fingerprint density at radius 2 is 1.75 bits per heavy atom. The minimum absolute atomic E-state index is 0.195. The number of hydrogen-bond donors (Lipinski definition) is 2. The molecule has 0 atom stereocenters.